The molecule has 0 saturated heterocycles. The lowest BCUT2D eigenvalue weighted by molar-refractivity contribution is 0.669. The van der Waals surface area contributed by atoms with E-state index >= 15 is 0 Å². The van der Waals surface area contributed by atoms with Crippen molar-refractivity contribution in [2.45, 2.75) is 0 Å². The third kappa shape index (κ3) is 4.09. The van der Waals surface area contributed by atoms with Crippen LogP contribution in [0.3, 0.4) is 0 Å². The summed E-state index contributed by atoms with van der Waals surface area (Å²) in [6.45, 7) is 0. The molecule has 3 nitrogen and oxygen atoms in total. The van der Waals surface area contributed by atoms with Crippen molar-refractivity contribution >= 4 is 103 Å². The summed E-state index contributed by atoms with van der Waals surface area (Å²) >= 11 is 1.82. The van der Waals surface area contributed by atoms with Gasteiger partial charge in [0.1, 0.15) is 22.3 Å². The Bertz CT molecular complexity index is 3090. The molecule has 234 valence electrons. The Morgan fingerprint density at radius 3 is 1.98 bits per heavy atom. The van der Waals surface area contributed by atoms with E-state index in [2.05, 4.69) is 157 Å². The van der Waals surface area contributed by atoms with Gasteiger partial charge in [-0.1, -0.05) is 91.0 Å². The molecular formula is C46H27NO2S. The van der Waals surface area contributed by atoms with Gasteiger partial charge in [-0.15, -0.1) is 11.3 Å². The van der Waals surface area contributed by atoms with Gasteiger partial charge < -0.3 is 13.7 Å². The minimum absolute atomic E-state index is 0.905. The van der Waals surface area contributed by atoms with Crippen LogP contribution in [0, 0.1) is 0 Å². The summed E-state index contributed by atoms with van der Waals surface area (Å²) in [4.78, 5) is 2.37. The highest BCUT2D eigenvalue weighted by molar-refractivity contribution is 7.26. The first kappa shape index (κ1) is 27.6. The summed E-state index contributed by atoms with van der Waals surface area (Å²) in [6.07, 6.45) is 0. The van der Waals surface area contributed by atoms with Gasteiger partial charge in [0.25, 0.3) is 0 Å². The second-order valence-electron chi connectivity index (χ2n) is 12.9. The predicted molar refractivity (Wildman–Crippen MR) is 212 cm³/mol. The number of hydrogen-bond acceptors (Lipinski definition) is 4. The van der Waals surface area contributed by atoms with Crippen molar-refractivity contribution in [2.24, 2.45) is 0 Å². The van der Waals surface area contributed by atoms with Crippen LogP contribution in [0.25, 0.3) is 85.9 Å². The van der Waals surface area contributed by atoms with Gasteiger partial charge in [0, 0.05) is 48.4 Å². The number of thiophene rings is 1. The van der Waals surface area contributed by atoms with E-state index in [9.17, 15) is 0 Å². The molecule has 0 amide bonds. The van der Waals surface area contributed by atoms with Gasteiger partial charge in [-0.2, -0.15) is 0 Å². The van der Waals surface area contributed by atoms with Gasteiger partial charge in [-0.05, 0) is 94.7 Å². The second kappa shape index (κ2) is 10.6. The zero-order valence-corrected chi connectivity index (χ0v) is 27.6. The smallest absolute Gasteiger partial charge is 0.144 e. The number of fused-ring (bicyclic) bond motifs is 11. The maximum atomic E-state index is 6.70. The quantitative estimate of drug-likeness (QED) is 0.189. The molecule has 0 aliphatic heterocycles. The summed E-state index contributed by atoms with van der Waals surface area (Å²) < 4.78 is 15.3. The third-order valence-electron chi connectivity index (χ3n) is 10.0. The topological polar surface area (TPSA) is 29.5 Å². The van der Waals surface area contributed by atoms with Crippen LogP contribution < -0.4 is 4.90 Å². The van der Waals surface area contributed by atoms with Crippen LogP contribution in [0.5, 0.6) is 0 Å². The van der Waals surface area contributed by atoms with Crippen LogP contribution in [0.2, 0.25) is 0 Å². The highest BCUT2D eigenvalue weighted by Gasteiger charge is 2.21. The first-order valence-electron chi connectivity index (χ1n) is 16.8. The Labute approximate surface area is 290 Å². The van der Waals surface area contributed by atoms with Crippen molar-refractivity contribution in [3.63, 3.8) is 0 Å². The Hall–Kier alpha value is -6.36. The van der Waals surface area contributed by atoms with Gasteiger partial charge in [-0.3, -0.25) is 0 Å². The molecule has 0 unspecified atom stereocenters. The Kier molecular flexibility index (Phi) is 5.83. The molecule has 3 heterocycles. The molecule has 8 aromatic carbocycles. The van der Waals surface area contributed by atoms with E-state index in [1.54, 1.807) is 0 Å². The molecule has 4 heteroatoms. The number of anilines is 3. The molecule has 0 bridgehead atoms. The average Bonchev–Trinajstić information content (AvgIpc) is 3.85. The fourth-order valence-electron chi connectivity index (χ4n) is 7.67. The van der Waals surface area contributed by atoms with Crippen LogP contribution in [0.1, 0.15) is 0 Å². The van der Waals surface area contributed by atoms with Gasteiger partial charge in [0.2, 0.25) is 0 Å². The van der Waals surface area contributed by atoms with Crippen LogP contribution in [-0.2, 0) is 0 Å². The number of hydrogen-bond donors (Lipinski definition) is 0. The molecule has 11 rings (SSSR count). The number of para-hydroxylation sites is 2. The van der Waals surface area contributed by atoms with Gasteiger partial charge >= 0.3 is 0 Å². The highest BCUT2D eigenvalue weighted by atomic mass is 32.1. The Morgan fingerprint density at radius 2 is 1.10 bits per heavy atom. The fourth-order valence-corrected chi connectivity index (χ4v) is 8.88. The molecule has 0 atom stereocenters. The molecule has 0 aliphatic carbocycles. The summed E-state index contributed by atoms with van der Waals surface area (Å²) in [5.74, 6) is 0. The SMILES string of the molecule is c1ccc(N(c2ccc(-c3ccc4c(c3)oc3ccccc34)cc2)c2cccc3c2sc2ccc4c5cc6ccccc6cc5oc4c23)cc1. The van der Waals surface area contributed by atoms with Crippen LogP contribution >= 0.6 is 11.3 Å². The van der Waals surface area contributed by atoms with E-state index in [1.807, 2.05) is 23.5 Å². The molecular weight excluding hydrogens is 631 g/mol. The van der Waals surface area contributed by atoms with E-state index in [-0.39, 0.29) is 0 Å². The lowest BCUT2D eigenvalue weighted by Crippen LogP contribution is -2.09. The molecule has 50 heavy (non-hydrogen) atoms. The monoisotopic (exact) mass is 657 g/mol. The van der Waals surface area contributed by atoms with E-state index in [1.165, 1.54) is 30.9 Å². The molecule has 0 saturated carbocycles. The van der Waals surface area contributed by atoms with Crippen molar-refractivity contribution in [2.75, 3.05) is 4.90 Å². The van der Waals surface area contributed by atoms with Gasteiger partial charge in [0.05, 0.1) is 10.4 Å². The summed E-state index contributed by atoms with van der Waals surface area (Å²) in [6, 6.07) is 58.3. The van der Waals surface area contributed by atoms with Crippen LogP contribution in [0.15, 0.2) is 173 Å². The predicted octanol–water partition coefficient (Wildman–Crippen LogP) is 14.1. The average molecular weight is 658 g/mol. The number of rotatable bonds is 4. The first-order valence-corrected chi connectivity index (χ1v) is 17.6. The van der Waals surface area contributed by atoms with E-state index in [0.717, 1.165) is 72.1 Å². The number of nitrogens with zero attached hydrogens (tertiary/aromatic N) is 1. The zero-order valence-electron chi connectivity index (χ0n) is 26.8. The fraction of sp³-hybridized carbons (Fsp3) is 0. The summed E-state index contributed by atoms with van der Waals surface area (Å²) in [5, 5.41) is 9.38. The number of furan rings is 2. The molecule has 0 spiro atoms. The van der Waals surface area contributed by atoms with Crippen LogP contribution in [0.4, 0.5) is 17.1 Å². The lowest BCUT2D eigenvalue weighted by Gasteiger charge is -2.26. The summed E-state index contributed by atoms with van der Waals surface area (Å²) in [5.41, 5.74) is 9.31. The molecule has 11 aromatic rings. The van der Waals surface area contributed by atoms with E-state index < -0.39 is 0 Å². The molecule has 0 radical (unpaired) electrons. The maximum absolute atomic E-state index is 6.70. The normalized spacial score (nSPS) is 12.0. The van der Waals surface area contributed by atoms with Crippen molar-refractivity contribution in [1.29, 1.82) is 0 Å². The Morgan fingerprint density at radius 1 is 0.420 bits per heavy atom. The third-order valence-corrected chi connectivity index (χ3v) is 11.2. The highest BCUT2D eigenvalue weighted by Crippen LogP contribution is 2.48. The van der Waals surface area contributed by atoms with Crippen molar-refractivity contribution < 1.29 is 8.83 Å². The molecule has 0 fully saturated rings. The van der Waals surface area contributed by atoms with Gasteiger partial charge in [-0.25, -0.2) is 0 Å². The van der Waals surface area contributed by atoms with E-state index in [0.29, 0.717) is 0 Å². The Balaban J connectivity index is 1.07. The van der Waals surface area contributed by atoms with Crippen LogP contribution in [-0.4, -0.2) is 0 Å². The molecule has 3 aromatic heterocycles. The molecule has 0 N–H and O–H groups in total. The molecule has 0 aliphatic rings. The second-order valence-corrected chi connectivity index (χ2v) is 13.9. The minimum atomic E-state index is 0.905. The van der Waals surface area contributed by atoms with Crippen molar-refractivity contribution in [3.05, 3.63) is 164 Å². The van der Waals surface area contributed by atoms with Crippen molar-refractivity contribution in [1.82, 2.24) is 0 Å². The largest absolute Gasteiger partial charge is 0.456 e. The zero-order chi connectivity index (χ0) is 32.8. The lowest BCUT2D eigenvalue weighted by atomic mass is 10.0. The standard InChI is InChI=1S/C46H27NO2S/c1-2-11-32(12-3-1)47(33-20-17-28(18-21-33)31-19-22-35-34-13-6-7-16-40(34)48-41(35)27-31)39-15-8-14-37-44-43(50-46(37)39)24-23-36-38-25-29-9-4-5-10-30(29)26-42(38)49-45(36)44/h1-27H. The minimum Gasteiger partial charge on any atom is -0.456 e. The van der Waals surface area contributed by atoms with Gasteiger partial charge in [0.15, 0.2) is 0 Å². The maximum Gasteiger partial charge on any atom is 0.144 e. The summed E-state index contributed by atoms with van der Waals surface area (Å²) in [7, 11) is 0. The van der Waals surface area contributed by atoms with E-state index in [4.69, 9.17) is 8.83 Å². The first-order chi connectivity index (χ1) is 24.8. The number of benzene rings is 8. The van der Waals surface area contributed by atoms with Crippen molar-refractivity contribution in [3.8, 4) is 11.1 Å².